The van der Waals surface area contributed by atoms with Gasteiger partial charge in [-0.05, 0) is 24.1 Å². The predicted octanol–water partition coefficient (Wildman–Crippen LogP) is 4.16. The van der Waals surface area contributed by atoms with Crippen LogP contribution in [-0.2, 0) is 12.4 Å². The number of nitrogens with zero attached hydrogens (tertiary/aromatic N) is 3. The van der Waals surface area contributed by atoms with Gasteiger partial charge in [0.15, 0.2) is 6.61 Å². The Labute approximate surface area is 148 Å². The molecule has 25 heavy (non-hydrogen) atoms. The summed E-state index contributed by atoms with van der Waals surface area (Å²) in [6.07, 6.45) is 0. The molecule has 0 radical (unpaired) electrons. The highest BCUT2D eigenvalue weighted by Crippen LogP contribution is 2.23. The smallest absolute Gasteiger partial charge is 0.277 e. The lowest BCUT2D eigenvalue weighted by Crippen LogP contribution is -1.97. The third-order valence-corrected chi connectivity index (χ3v) is 4.29. The van der Waals surface area contributed by atoms with Crippen LogP contribution in [0.4, 0.5) is 5.69 Å². The first-order valence-corrected chi connectivity index (χ1v) is 8.47. The fourth-order valence-electron chi connectivity index (χ4n) is 2.07. The molecule has 3 rings (SSSR count). The van der Waals surface area contributed by atoms with E-state index in [1.54, 1.807) is 12.1 Å². The SMILES string of the molecule is Cc1ccccc1OCc1nnc(SCc2ccc([N+](=O)[O-])cc2)o1. The summed E-state index contributed by atoms with van der Waals surface area (Å²) >= 11 is 1.37. The average Bonchev–Trinajstić information content (AvgIpc) is 3.07. The van der Waals surface area contributed by atoms with Crippen molar-refractivity contribution in [2.24, 2.45) is 0 Å². The lowest BCUT2D eigenvalue weighted by Gasteiger charge is -2.05. The van der Waals surface area contributed by atoms with Crippen molar-refractivity contribution in [1.29, 1.82) is 0 Å². The zero-order chi connectivity index (χ0) is 17.6. The van der Waals surface area contributed by atoms with E-state index in [0.717, 1.165) is 16.9 Å². The predicted molar refractivity (Wildman–Crippen MR) is 92.5 cm³/mol. The van der Waals surface area contributed by atoms with Crippen molar-refractivity contribution < 1.29 is 14.1 Å². The molecular formula is C17H15N3O4S. The van der Waals surface area contributed by atoms with Crippen LogP contribution in [0.2, 0.25) is 0 Å². The maximum atomic E-state index is 10.6. The van der Waals surface area contributed by atoms with Crippen molar-refractivity contribution in [3.05, 3.63) is 75.7 Å². The van der Waals surface area contributed by atoms with Crippen LogP contribution >= 0.6 is 11.8 Å². The molecule has 0 saturated carbocycles. The minimum absolute atomic E-state index is 0.0715. The first-order valence-electron chi connectivity index (χ1n) is 7.49. The molecule has 0 amide bonds. The van der Waals surface area contributed by atoms with Gasteiger partial charge in [0.1, 0.15) is 5.75 Å². The number of non-ortho nitro benzene ring substituents is 1. The molecule has 3 aromatic rings. The van der Waals surface area contributed by atoms with Crippen molar-refractivity contribution in [1.82, 2.24) is 10.2 Å². The minimum atomic E-state index is -0.421. The number of aromatic nitrogens is 2. The van der Waals surface area contributed by atoms with Gasteiger partial charge in [0.05, 0.1) is 4.92 Å². The molecule has 0 atom stereocenters. The van der Waals surface area contributed by atoms with E-state index < -0.39 is 4.92 Å². The Bertz CT molecular complexity index is 864. The topological polar surface area (TPSA) is 91.3 Å². The molecule has 0 bridgehead atoms. The fraction of sp³-hybridized carbons (Fsp3) is 0.176. The number of rotatable bonds is 7. The Morgan fingerprint density at radius 2 is 1.92 bits per heavy atom. The standard InChI is InChI=1S/C17H15N3O4S/c1-12-4-2-3-5-15(12)23-10-16-18-19-17(24-16)25-11-13-6-8-14(9-7-13)20(21)22/h2-9H,10-11H2,1H3. The van der Waals surface area contributed by atoms with Gasteiger partial charge >= 0.3 is 0 Å². The van der Waals surface area contributed by atoms with Crippen LogP contribution < -0.4 is 4.74 Å². The second kappa shape index (κ2) is 7.80. The van der Waals surface area contributed by atoms with Crippen molar-refractivity contribution in [2.45, 2.75) is 24.5 Å². The summed E-state index contributed by atoms with van der Waals surface area (Å²) < 4.78 is 11.2. The third kappa shape index (κ3) is 4.57. The quantitative estimate of drug-likeness (QED) is 0.356. The van der Waals surface area contributed by atoms with Crippen LogP contribution in [0.1, 0.15) is 17.0 Å². The summed E-state index contributed by atoms with van der Waals surface area (Å²) in [5.41, 5.74) is 2.04. The first kappa shape index (κ1) is 17.0. The molecule has 0 fully saturated rings. The Kier molecular flexibility index (Phi) is 5.30. The van der Waals surface area contributed by atoms with Gasteiger partial charge in [0, 0.05) is 17.9 Å². The summed E-state index contributed by atoms with van der Waals surface area (Å²) in [7, 11) is 0. The maximum Gasteiger partial charge on any atom is 0.277 e. The number of hydrogen-bond donors (Lipinski definition) is 0. The van der Waals surface area contributed by atoms with Crippen molar-refractivity contribution in [2.75, 3.05) is 0 Å². The van der Waals surface area contributed by atoms with Gasteiger partial charge in [-0.25, -0.2) is 0 Å². The highest BCUT2D eigenvalue weighted by Gasteiger charge is 2.09. The minimum Gasteiger partial charge on any atom is -0.484 e. The lowest BCUT2D eigenvalue weighted by molar-refractivity contribution is -0.384. The summed E-state index contributed by atoms with van der Waals surface area (Å²) in [5, 5.41) is 19.0. The first-order chi connectivity index (χ1) is 12.1. The highest BCUT2D eigenvalue weighted by atomic mass is 32.2. The Morgan fingerprint density at radius 3 is 2.64 bits per heavy atom. The number of hydrogen-bond acceptors (Lipinski definition) is 7. The summed E-state index contributed by atoms with van der Waals surface area (Å²) in [5.74, 6) is 1.76. The van der Waals surface area contributed by atoms with Crippen LogP contribution in [0.25, 0.3) is 0 Å². The number of thioether (sulfide) groups is 1. The average molecular weight is 357 g/mol. The molecule has 0 spiro atoms. The van der Waals surface area contributed by atoms with E-state index in [-0.39, 0.29) is 12.3 Å². The molecule has 0 aliphatic carbocycles. The Hall–Kier alpha value is -2.87. The number of nitro groups is 1. The van der Waals surface area contributed by atoms with E-state index in [2.05, 4.69) is 10.2 Å². The van der Waals surface area contributed by atoms with Crippen LogP contribution in [0.3, 0.4) is 0 Å². The van der Waals surface area contributed by atoms with Crippen LogP contribution in [0.15, 0.2) is 58.2 Å². The van der Waals surface area contributed by atoms with E-state index in [1.165, 1.54) is 23.9 Å². The van der Waals surface area contributed by atoms with Gasteiger partial charge in [-0.2, -0.15) is 0 Å². The zero-order valence-corrected chi connectivity index (χ0v) is 14.2. The maximum absolute atomic E-state index is 10.6. The van der Waals surface area contributed by atoms with Crippen LogP contribution in [0, 0.1) is 17.0 Å². The van der Waals surface area contributed by atoms with Crippen molar-refractivity contribution in [3.8, 4) is 5.75 Å². The summed E-state index contributed by atoms with van der Waals surface area (Å²) in [4.78, 5) is 10.2. The number of aryl methyl sites for hydroxylation is 1. The molecule has 0 aliphatic rings. The third-order valence-electron chi connectivity index (χ3n) is 3.40. The number of nitro benzene ring substituents is 1. The molecule has 0 unspecified atom stereocenters. The summed E-state index contributed by atoms with van der Waals surface area (Å²) in [6.45, 7) is 2.17. The van der Waals surface area contributed by atoms with Gasteiger partial charge in [0.2, 0.25) is 0 Å². The van der Waals surface area contributed by atoms with Gasteiger partial charge in [-0.15, -0.1) is 10.2 Å². The molecular weight excluding hydrogens is 342 g/mol. The molecule has 1 aromatic heterocycles. The van der Waals surface area contributed by atoms with Crippen molar-refractivity contribution >= 4 is 17.4 Å². The van der Waals surface area contributed by atoms with Gasteiger partial charge < -0.3 is 9.15 Å². The highest BCUT2D eigenvalue weighted by molar-refractivity contribution is 7.98. The molecule has 8 heteroatoms. The molecule has 128 valence electrons. The van der Waals surface area contributed by atoms with Crippen LogP contribution in [-0.4, -0.2) is 15.1 Å². The lowest BCUT2D eigenvalue weighted by atomic mass is 10.2. The van der Waals surface area contributed by atoms with Crippen LogP contribution in [0.5, 0.6) is 5.75 Å². The summed E-state index contributed by atoms with van der Waals surface area (Å²) in [6, 6.07) is 14.1. The molecule has 0 N–H and O–H groups in total. The van der Waals surface area contributed by atoms with E-state index in [4.69, 9.17) is 9.15 Å². The molecule has 0 saturated heterocycles. The van der Waals surface area contributed by atoms with E-state index in [0.29, 0.717) is 16.9 Å². The van der Waals surface area contributed by atoms with Gasteiger partial charge in [-0.1, -0.05) is 42.1 Å². The molecule has 2 aromatic carbocycles. The largest absolute Gasteiger partial charge is 0.484 e. The monoisotopic (exact) mass is 357 g/mol. The zero-order valence-electron chi connectivity index (χ0n) is 13.4. The molecule has 0 aliphatic heterocycles. The number of para-hydroxylation sites is 1. The normalized spacial score (nSPS) is 10.6. The number of benzene rings is 2. The van der Waals surface area contributed by atoms with E-state index in [9.17, 15) is 10.1 Å². The van der Waals surface area contributed by atoms with E-state index >= 15 is 0 Å². The van der Waals surface area contributed by atoms with Gasteiger partial charge in [0.25, 0.3) is 16.8 Å². The second-order valence-corrected chi connectivity index (χ2v) is 6.15. The van der Waals surface area contributed by atoms with E-state index in [1.807, 2.05) is 31.2 Å². The van der Waals surface area contributed by atoms with Crippen molar-refractivity contribution in [3.63, 3.8) is 0 Å². The fourth-order valence-corrected chi connectivity index (χ4v) is 2.81. The Morgan fingerprint density at radius 1 is 1.16 bits per heavy atom. The molecule has 1 heterocycles. The second-order valence-electron chi connectivity index (χ2n) is 5.23. The molecule has 7 nitrogen and oxygen atoms in total. The Balaban J connectivity index is 1.53. The number of ether oxygens (including phenoxy) is 1. The van der Waals surface area contributed by atoms with Gasteiger partial charge in [-0.3, -0.25) is 10.1 Å².